The largest absolute Gasteiger partial charge is 0.457 e. The van der Waals surface area contributed by atoms with Gasteiger partial charge in [0.15, 0.2) is 5.78 Å². The summed E-state index contributed by atoms with van der Waals surface area (Å²) in [7, 11) is 1.87. The Morgan fingerprint density at radius 1 is 1.06 bits per heavy atom. The molecule has 1 aliphatic heterocycles. The lowest BCUT2D eigenvalue weighted by atomic mass is 9.89. The molecule has 0 unspecified atom stereocenters. The van der Waals surface area contributed by atoms with Crippen LogP contribution < -0.4 is 4.74 Å². The Bertz CT molecular complexity index is 1030. The van der Waals surface area contributed by atoms with E-state index in [2.05, 4.69) is 5.10 Å². The monoisotopic (exact) mass is 417 g/mol. The summed E-state index contributed by atoms with van der Waals surface area (Å²) in [6.07, 6.45) is 6.50. The predicted octanol–water partition coefficient (Wildman–Crippen LogP) is 4.27. The highest BCUT2D eigenvalue weighted by atomic mass is 16.5. The van der Waals surface area contributed by atoms with Crippen molar-refractivity contribution >= 4 is 11.7 Å². The number of Topliss-reactive ketones (excluding diaryl/α,β-unsaturated/α-hetero) is 1. The Morgan fingerprint density at radius 2 is 1.81 bits per heavy atom. The van der Waals surface area contributed by atoms with Crippen LogP contribution in [-0.2, 0) is 18.3 Å². The summed E-state index contributed by atoms with van der Waals surface area (Å²) in [4.78, 5) is 27.5. The van der Waals surface area contributed by atoms with Gasteiger partial charge in [0, 0.05) is 44.2 Å². The molecule has 0 radical (unpaired) electrons. The van der Waals surface area contributed by atoms with Crippen molar-refractivity contribution in [2.75, 3.05) is 13.1 Å². The summed E-state index contributed by atoms with van der Waals surface area (Å²) < 4.78 is 7.54. The lowest BCUT2D eigenvalue weighted by Gasteiger charge is -2.32. The number of nitrogens with zero attached hydrogens (tertiary/aromatic N) is 3. The zero-order valence-corrected chi connectivity index (χ0v) is 17.7. The molecular weight excluding hydrogens is 390 g/mol. The Morgan fingerprint density at radius 3 is 2.52 bits per heavy atom. The molecular formula is C25H27N3O3. The second-order valence-corrected chi connectivity index (χ2v) is 8.00. The number of hydrogen-bond donors (Lipinski definition) is 0. The Balaban J connectivity index is 1.33. The molecule has 2 aromatic carbocycles. The first-order valence-electron chi connectivity index (χ1n) is 10.7. The molecule has 3 aromatic rings. The number of ketones is 1. The van der Waals surface area contributed by atoms with Crippen LogP contribution in [-0.4, -0.2) is 39.5 Å². The Kier molecular flexibility index (Phi) is 6.46. The van der Waals surface area contributed by atoms with Crippen LogP contribution in [0, 0.1) is 5.92 Å². The van der Waals surface area contributed by atoms with Gasteiger partial charge in [0.05, 0.1) is 6.20 Å². The maximum absolute atomic E-state index is 13.0. The van der Waals surface area contributed by atoms with Gasteiger partial charge in [-0.15, -0.1) is 0 Å². The van der Waals surface area contributed by atoms with Gasteiger partial charge in [-0.2, -0.15) is 5.10 Å². The van der Waals surface area contributed by atoms with Gasteiger partial charge in [0.2, 0.25) is 5.91 Å². The molecule has 6 nitrogen and oxygen atoms in total. The number of aromatic nitrogens is 2. The summed E-state index contributed by atoms with van der Waals surface area (Å²) in [5.41, 5.74) is 1.72. The fourth-order valence-electron chi connectivity index (χ4n) is 3.98. The number of rotatable bonds is 7. The number of ether oxygens (including phenoxy) is 1. The van der Waals surface area contributed by atoms with Gasteiger partial charge in [-0.1, -0.05) is 18.2 Å². The average Bonchev–Trinajstić information content (AvgIpc) is 3.23. The van der Waals surface area contributed by atoms with Crippen LogP contribution in [0.4, 0.5) is 0 Å². The van der Waals surface area contributed by atoms with Crippen LogP contribution in [0.5, 0.6) is 11.5 Å². The first kappa shape index (κ1) is 20.8. The summed E-state index contributed by atoms with van der Waals surface area (Å²) in [6, 6.07) is 16.8. The molecule has 160 valence electrons. The zero-order chi connectivity index (χ0) is 21.6. The number of aryl methyl sites for hydroxylation is 2. The Labute approximate surface area is 182 Å². The number of piperidine rings is 1. The molecule has 0 aliphatic carbocycles. The summed E-state index contributed by atoms with van der Waals surface area (Å²) in [5, 5.41) is 4.14. The summed E-state index contributed by atoms with van der Waals surface area (Å²) in [5.74, 6) is 1.49. The molecule has 1 saturated heterocycles. The quantitative estimate of drug-likeness (QED) is 0.539. The second kappa shape index (κ2) is 9.60. The molecule has 2 heterocycles. The number of carbonyl (C=O) groups is 2. The van der Waals surface area contributed by atoms with Crippen LogP contribution in [0.1, 0.15) is 35.2 Å². The number of amides is 1. The topological polar surface area (TPSA) is 64.4 Å². The van der Waals surface area contributed by atoms with E-state index in [1.54, 1.807) is 10.9 Å². The molecule has 0 bridgehead atoms. The first-order chi connectivity index (χ1) is 15.1. The summed E-state index contributed by atoms with van der Waals surface area (Å²) >= 11 is 0. The molecule has 4 rings (SSSR count). The second-order valence-electron chi connectivity index (χ2n) is 8.00. The molecule has 1 atom stereocenters. The molecule has 1 fully saturated rings. The van der Waals surface area contributed by atoms with Crippen molar-refractivity contribution in [3.05, 3.63) is 78.1 Å². The highest BCUT2D eigenvalue weighted by Gasteiger charge is 2.28. The standard InChI is InChI=1S/C25H27N3O3/c1-27-17-19(16-26-27)9-14-24(29)28-15-5-6-21(18-28)25(30)20-10-12-23(13-11-20)31-22-7-3-2-4-8-22/h2-4,7-8,10-13,16-17,21H,5-6,9,14-15,18H2,1H3/t21-/m0/s1. The summed E-state index contributed by atoms with van der Waals surface area (Å²) in [6.45, 7) is 1.21. The maximum atomic E-state index is 13.0. The minimum absolute atomic E-state index is 0.0935. The van der Waals surface area contributed by atoms with Gasteiger partial charge in [0.25, 0.3) is 0 Å². The zero-order valence-electron chi connectivity index (χ0n) is 17.7. The minimum Gasteiger partial charge on any atom is -0.457 e. The van der Waals surface area contributed by atoms with Crippen molar-refractivity contribution < 1.29 is 14.3 Å². The molecule has 1 aliphatic rings. The number of para-hydroxylation sites is 1. The van der Waals surface area contributed by atoms with E-state index >= 15 is 0 Å². The SMILES string of the molecule is Cn1cc(CCC(=O)N2CCC[C@H](C(=O)c3ccc(Oc4ccccc4)cc3)C2)cn1. The van der Waals surface area contributed by atoms with Crippen LogP contribution in [0.25, 0.3) is 0 Å². The van der Waals surface area contributed by atoms with Crippen LogP contribution in [0.15, 0.2) is 67.0 Å². The van der Waals surface area contributed by atoms with Crippen LogP contribution >= 0.6 is 0 Å². The van der Waals surface area contributed by atoms with E-state index in [4.69, 9.17) is 4.74 Å². The fraction of sp³-hybridized carbons (Fsp3) is 0.320. The third-order valence-corrected chi connectivity index (χ3v) is 5.65. The van der Waals surface area contributed by atoms with Gasteiger partial charge >= 0.3 is 0 Å². The lowest BCUT2D eigenvalue weighted by Crippen LogP contribution is -2.42. The number of likely N-dealkylation sites (tertiary alicyclic amines) is 1. The predicted molar refractivity (Wildman–Crippen MR) is 118 cm³/mol. The van der Waals surface area contributed by atoms with Gasteiger partial charge in [-0.05, 0) is 61.2 Å². The number of carbonyl (C=O) groups excluding carboxylic acids is 2. The highest BCUT2D eigenvalue weighted by Crippen LogP contribution is 2.25. The van der Waals surface area contributed by atoms with E-state index < -0.39 is 0 Å². The van der Waals surface area contributed by atoms with Crippen LogP contribution in [0.3, 0.4) is 0 Å². The van der Waals surface area contributed by atoms with Crippen molar-refractivity contribution in [3.8, 4) is 11.5 Å². The fourth-order valence-corrected chi connectivity index (χ4v) is 3.98. The van der Waals surface area contributed by atoms with Crippen molar-refractivity contribution in [2.24, 2.45) is 13.0 Å². The van der Waals surface area contributed by atoms with Crippen molar-refractivity contribution in [1.29, 1.82) is 0 Å². The van der Waals surface area contributed by atoms with E-state index in [0.717, 1.165) is 30.7 Å². The van der Waals surface area contributed by atoms with Crippen molar-refractivity contribution in [2.45, 2.75) is 25.7 Å². The highest BCUT2D eigenvalue weighted by molar-refractivity contribution is 5.98. The number of benzene rings is 2. The molecule has 0 N–H and O–H groups in total. The third-order valence-electron chi connectivity index (χ3n) is 5.65. The van der Waals surface area contributed by atoms with Crippen molar-refractivity contribution in [3.63, 3.8) is 0 Å². The van der Waals surface area contributed by atoms with Crippen molar-refractivity contribution in [1.82, 2.24) is 14.7 Å². The van der Waals surface area contributed by atoms with E-state index in [1.165, 1.54) is 0 Å². The number of hydrogen-bond acceptors (Lipinski definition) is 4. The molecule has 0 saturated carbocycles. The molecule has 1 amide bonds. The third kappa shape index (κ3) is 5.40. The van der Waals surface area contributed by atoms with Gasteiger partial charge in [-0.3, -0.25) is 14.3 Å². The van der Waals surface area contributed by atoms with E-state index in [0.29, 0.717) is 30.7 Å². The molecule has 1 aromatic heterocycles. The van der Waals surface area contributed by atoms with Gasteiger partial charge in [0.1, 0.15) is 11.5 Å². The molecule has 6 heteroatoms. The molecule has 31 heavy (non-hydrogen) atoms. The lowest BCUT2D eigenvalue weighted by molar-refractivity contribution is -0.132. The van der Waals surface area contributed by atoms with Crippen LogP contribution in [0.2, 0.25) is 0 Å². The minimum atomic E-state index is -0.156. The normalized spacial score (nSPS) is 16.2. The smallest absolute Gasteiger partial charge is 0.222 e. The first-order valence-corrected chi connectivity index (χ1v) is 10.7. The van der Waals surface area contributed by atoms with E-state index in [-0.39, 0.29) is 17.6 Å². The average molecular weight is 418 g/mol. The Hall–Kier alpha value is -3.41. The van der Waals surface area contributed by atoms with E-state index in [1.807, 2.05) is 72.7 Å². The molecule has 0 spiro atoms. The van der Waals surface area contributed by atoms with Gasteiger partial charge in [-0.25, -0.2) is 0 Å². The van der Waals surface area contributed by atoms with E-state index in [9.17, 15) is 9.59 Å². The van der Waals surface area contributed by atoms with Gasteiger partial charge < -0.3 is 9.64 Å². The maximum Gasteiger partial charge on any atom is 0.222 e.